The lowest BCUT2D eigenvalue weighted by atomic mass is 9.92. The molecule has 0 radical (unpaired) electrons. The topological polar surface area (TPSA) is 24.1 Å². The first kappa shape index (κ1) is 11.4. The van der Waals surface area contributed by atoms with Gasteiger partial charge in [-0.15, -0.1) is 0 Å². The Morgan fingerprint density at radius 2 is 2.07 bits per heavy atom. The Hall–Kier alpha value is -0.0800. The summed E-state index contributed by atoms with van der Waals surface area (Å²) in [5.41, 5.74) is 0.662. The van der Waals surface area contributed by atoms with E-state index in [4.69, 9.17) is 0 Å². The Bertz CT molecular complexity index is 209. The predicted molar refractivity (Wildman–Crippen MR) is 64.9 cm³/mol. The summed E-state index contributed by atoms with van der Waals surface area (Å²) in [5.74, 6) is 2.56. The minimum absolute atomic E-state index is 0.662. The molecule has 1 heterocycles. The second-order valence-corrected chi connectivity index (χ2v) is 6.04. The van der Waals surface area contributed by atoms with Crippen LogP contribution in [0.3, 0.4) is 0 Å². The molecule has 1 aliphatic carbocycles. The molecule has 0 unspecified atom stereocenters. The van der Waals surface area contributed by atoms with Crippen LogP contribution in [0.5, 0.6) is 0 Å². The molecule has 0 aromatic rings. The largest absolute Gasteiger partial charge is 0.316 e. The number of hydrogen-bond donors (Lipinski definition) is 2. The summed E-state index contributed by atoms with van der Waals surface area (Å²) in [4.78, 5) is 0. The first-order valence-electron chi connectivity index (χ1n) is 6.55. The molecular weight excluding hydrogens is 184 g/mol. The molecule has 15 heavy (non-hydrogen) atoms. The van der Waals surface area contributed by atoms with Gasteiger partial charge in [-0.2, -0.15) is 0 Å². The van der Waals surface area contributed by atoms with Gasteiger partial charge in [0.1, 0.15) is 0 Å². The number of hydrogen-bond acceptors (Lipinski definition) is 2. The van der Waals surface area contributed by atoms with E-state index >= 15 is 0 Å². The van der Waals surface area contributed by atoms with Crippen molar-refractivity contribution in [3.63, 3.8) is 0 Å². The molecule has 2 fully saturated rings. The average Bonchev–Trinajstić information content (AvgIpc) is 2.87. The van der Waals surface area contributed by atoms with Gasteiger partial charge in [0.05, 0.1) is 0 Å². The van der Waals surface area contributed by atoms with Crippen LogP contribution in [0.25, 0.3) is 0 Å². The fourth-order valence-corrected chi connectivity index (χ4v) is 2.76. The Morgan fingerprint density at radius 3 is 2.53 bits per heavy atom. The molecule has 2 atom stereocenters. The zero-order valence-corrected chi connectivity index (χ0v) is 10.5. The maximum Gasteiger partial charge on any atom is 0.00104 e. The minimum atomic E-state index is 0.662. The summed E-state index contributed by atoms with van der Waals surface area (Å²) in [6.07, 6.45) is 2.88. The summed E-state index contributed by atoms with van der Waals surface area (Å²) in [7, 11) is 0. The third kappa shape index (κ3) is 2.54. The van der Waals surface area contributed by atoms with Gasteiger partial charge in [-0.1, -0.05) is 20.8 Å². The van der Waals surface area contributed by atoms with Gasteiger partial charge in [0.25, 0.3) is 0 Å². The molecule has 1 aliphatic heterocycles. The highest BCUT2D eigenvalue weighted by Crippen LogP contribution is 2.51. The molecule has 2 aliphatic rings. The summed E-state index contributed by atoms with van der Waals surface area (Å²) in [6, 6.07) is 0. The molecule has 2 nitrogen and oxygen atoms in total. The summed E-state index contributed by atoms with van der Waals surface area (Å²) in [6.45, 7) is 12.0. The summed E-state index contributed by atoms with van der Waals surface area (Å²) < 4.78 is 0. The highest BCUT2D eigenvalue weighted by molar-refractivity contribution is 4.97. The fourth-order valence-electron chi connectivity index (χ4n) is 2.76. The normalized spacial score (nSPS) is 33.6. The van der Waals surface area contributed by atoms with Crippen molar-refractivity contribution in [1.82, 2.24) is 10.6 Å². The molecule has 2 rings (SSSR count). The predicted octanol–water partition coefficient (Wildman–Crippen LogP) is 1.87. The van der Waals surface area contributed by atoms with E-state index < -0.39 is 0 Å². The lowest BCUT2D eigenvalue weighted by molar-refractivity contribution is 0.318. The molecule has 0 spiro atoms. The Labute approximate surface area is 94.2 Å². The van der Waals surface area contributed by atoms with E-state index in [1.54, 1.807) is 0 Å². The van der Waals surface area contributed by atoms with Crippen LogP contribution in [-0.4, -0.2) is 26.2 Å². The quantitative estimate of drug-likeness (QED) is 0.724. The van der Waals surface area contributed by atoms with E-state index in [9.17, 15) is 0 Å². The van der Waals surface area contributed by atoms with Gasteiger partial charge in [-0.25, -0.2) is 0 Å². The van der Waals surface area contributed by atoms with Crippen molar-refractivity contribution in [3.05, 3.63) is 0 Å². The van der Waals surface area contributed by atoms with Crippen molar-refractivity contribution in [2.24, 2.45) is 23.2 Å². The van der Waals surface area contributed by atoms with Crippen LogP contribution in [0.2, 0.25) is 0 Å². The van der Waals surface area contributed by atoms with Gasteiger partial charge in [-0.3, -0.25) is 0 Å². The Balaban J connectivity index is 1.66. The molecule has 2 heteroatoms. The van der Waals surface area contributed by atoms with Crippen LogP contribution in [0.1, 0.15) is 33.6 Å². The SMILES string of the molecule is CC(C)C1(CNC[C@@H]2CNC[C@H]2C)CC1. The van der Waals surface area contributed by atoms with Crippen molar-refractivity contribution in [2.75, 3.05) is 26.2 Å². The monoisotopic (exact) mass is 210 g/mol. The standard InChI is InChI=1S/C13H26N2/c1-10(2)13(4-5-13)9-15-8-12-7-14-6-11(12)3/h10-12,14-15H,4-9H2,1-3H3/t11-,12+/m1/s1. The smallest absolute Gasteiger partial charge is 0.00104 e. The van der Waals surface area contributed by atoms with Crippen molar-refractivity contribution in [1.29, 1.82) is 0 Å². The van der Waals surface area contributed by atoms with Crippen LogP contribution in [0.15, 0.2) is 0 Å². The van der Waals surface area contributed by atoms with Crippen molar-refractivity contribution in [2.45, 2.75) is 33.6 Å². The van der Waals surface area contributed by atoms with Gasteiger partial charge < -0.3 is 10.6 Å². The molecule has 0 amide bonds. The van der Waals surface area contributed by atoms with Gasteiger partial charge in [0, 0.05) is 6.54 Å². The molecule has 2 N–H and O–H groups in total. The second kappa shape index (κ2) is 4.42. The molecule has 88 valence electrons. The van der Waals surface area contributed by atoms with Crippen molar-refractivity contribution < 1.29 is 0 Å². The molecule has 0 bridgehead atoms. The van der Waals surface area contributed by atoms with Crippen LogP contribution in [0, 0.1) is 23.2 Å². The molecule has 1 saturated carbocycles. The number of rotatable bonds is 5. The zero-order chi connectivity index (χ0) is 10.9. The van der Waals surface area contributed by atoms with Crippen LogP contribution in [0.4, 0.5) is 0 Å². The average molecular weight is 210 g/mol. The van der Waals surface area contributed by atoms with Crippen LogP contribution in [-0.2, 0) is 0 Å². The zero-order valence-electron chi connectivity index (χ0n) is 10.5. The van der Waals surface area contributed by atoms with Gasteiger partial charge in [0.15, 0.2) is 0 Å². The van der Waals surface area contributed by atoms with Gasteiger partial charge >= 0.3 is 0 Å². The maximum absolute atomic E-state index is 3.70. The molecular formula is C13H26N2. The molecule has 1 saturated heterocycles. The number of nitrogens with one attached hydrogen (secondary N) is 2. The Kier molecular flexibility index (Phi) is 3.36. The highest BCUT2D eigenvalue weighted by Gasteiger charge is 2.44. The van der Waals surface area contributed by atoms with E-state index in [2.05, 4.69) is 31.4 Å². The molecule has 0 aromatic heterocycles. The third-order valence-corrected chi connectivity index (χ3v) is 4.68. The first-order chi connectivity index (χ1) is 7.14. The van der Waals surface area contributed by atoms with Crippen LogP contribution >= 0.6 is 0 Å². The fraction of sp³-hybridized carbons (Fsp3) is 1.00. The second-order valence-electron chi connectivity index (χ2n) is 6.04. The molecule has 0 aromatic carbocycles. The van der Waals surface area contributed by atoms with E-state index in [0.717, 1.165) is 17.8 Å². The lowest BCUT2D eigenvalue weighted by Crippen LogP contribution is -2.33. The van der Waals surface area contributed by atoms with Gasteiger partial charge in [-0.05, 0) is 55.6 Å². The highest BCUT2D eigenvalue weighted by atomic mass is 15.0. The van der Waals surface area contributed by atoms with E-state index in [1.165, 1.54) is 39.0 Å². The van der Waals surface area contributed by atoms with E-state index in [0.29, 0.717) is 5.41 Å². The first-order valence-corrected chi connectivity index (χ1v) is 6.55. The van der Waals surface area contributed by atoms with E-state index in [1.807, 2.05) is 0 Å². The van der Waals surface area contributed by atoms with Crippen LogP contribution < -0.4 is 10.6 Å². The maximum atomic E-state index is 3.70. The lowest BCUT2D eigenvalue weighted by Gasteiger charge is -2.22. The van der Waals surface area contributed by atoms with Crippen molar-refractivity contribution in [3.8, 4) is 0 Å². The summed E-state index contributed by atoms with van der Waals surface area (Å²) in [5, 5.41) is 7.17. The van der Waals surface area contributed by atoms with Gasteiger partial charge in [0.2, 0.25) is 0 Å². The van der Waals surface area contributed by atoms with Crippen molar-refractivity contribution >= 4 is 0 Å². The third-order valence-electron chi connectivity index (χ3n) is 4.68. The Morgan fingerprint density at radius 1 is 1.33 bits per heavy atom. The summed E-state index contributed by atoms with van der Waals surface area (Å²) >= 11 is 0. The minimum Gasteiger partial charge on any atom is -0.316 e. The van der Waals surface area contributed by atoms with E-state index in [-0.39, 0.29) is 0 Å².